The zero-order valence-electron chi connectivity index (χ0n) is 9.77. The summed E-state index contributed by atoms with van der Waals surface area (Å²) >= 11 is 11.9. The Labute approximate surface area is 118 Å². The zero-order valence-corrected chi connectivity index (χ0v) is 12.1. The van der Waals surface area contributed by atoms with Crippen LogP contribution >= 0.6 is 23.2 Å². The Morgan fingerprint density at radius 3 is 2.44 bits per heavy atom. The molecule has 1 aliphatic rings. The lowest BCUT2D eigenvalue weighted by Gasteiger charge is -2.14. The first kappa shape index (κ1) is 14.1. The first-order valence-electron chi connectivity index (χ1n) is 5.88. The average molecular weight is 308 g/mol. The summed E-state index contributed by atoms with van der Waals surface area (Å²) < 4.78 is 26.6. The Morgan fingerprint density at radius 1 is 1.22 bits per heavy atom. The molecule has 0 radical (unpaired) electrons. The third kappa shape index (κ3) is 3.38. The lowest BCUT2D eigenvalue weighted by Crippen LogP contribution is -2.31. The SMILES string of the molecule is O=S(=O)(NCC1CCCC1Cl)c1ccc(Cl)cc1. The van der Waals surface area contributed by atoms with Gasteiger partial charge in [-0.2, -0.15) is 0 Å². The van der Waals surface area contributed by atoms with Crippen LogP contribution in [0, 0.1) is 5.92 Å². The predicted octanol–water partition coefficient (Wildman–Crippen LogP) is 3.03. The highest BCUT2D eigenvalue weighted by atomic mass is 35.5. The van der Waals surface area contributed by atoms with Crippen LogP contribution in [0.25, 0.3) is 0 Å². The van der Waals surface area contributed by atoms with Crippen LogP contribution in [0.4, 0.5) is 0 Å². The number of hydrogen-bond acceptors (Lipinski definition) is 2. The van der Waals surface area contributed by atoms with Crippen molar-refractivity contribution in [3.8, 4) is 0 Å². The third-order valence-electron chi connectivity index (χ3n) is 3.23. The Morgan fingerprint density at radius 2 is 1.89 bits per heavy atom. The summed E-state index contributed by atoms with van der Waals surface area (Å²) in [4.78, 5) is 0.232. The Hall–Kier alpha value is -0.290. The largest absolute Gasteiger partial charge is 0.240 e. The number of nitrogens with one attached hydrogen (secondary N) is 1. The number of sulfonamides is 1. The van der Waals surface area contributed by atoms with Gasteiger partial charge < -0.3 is 0 Å². The summed E-state index contributed by atoms with van der Waals surface area (Å²) in [5, 5.41) is 0.600. The van der Waals surface area contributed by atoms with E-state index in [4.69, 9.17) is 23.2 Å². The molecule has 2 atom stereocenters. The van der Waals surface area contributed by atoms with E-state index in [1.54, 1.807) is 12.1 Å². The highest BCUT2D eigenvalue weighted by molar-refractivity contribution is 7.89. The van der Waals surface area contributed by atoms with Crippen molar-refractivity contribution in [1.82, 2.24) is 4.72 Å². The molecule has 0 spiro atoms. The van der Waals surface area contributed by atoms with Gasteiger partial charge in [-0.25, -0.2) is 13.1 Å². The molecule has 1 aliphatic carbocycles. The average Bonchev–Trinajstić information content (AvgIpc) is 2.73. The van der Waals surface area contributed by atoms with Crippen LogP contribution in [-0.2, 0) is 10.0 Å². The van der Waals surface area contributed by atoms with Gasteiger partial charge in [-0.3, -0.25) is 0 Å². The lowest BCUT2D eigenvalue weighted by atomic mass is 10.1. The van der Waals surface area contributed by atoms with Gasteiger partial charge in [0.1, 0.15) is 0 Å². The first-order chi connectivity index (χ1) is 8.49. The smallest absolute Gasteiger partial charge is 0.211 e. The van der Waals surface area contributed by atoms with E-state index in [0.29, 0.717) is 11.6 Å². The fourth-order valence-corrected chi connectivity index (χ4v) is 3.73. The van der Waals surface area contributed by atoms with E-state index >= 15 is 0 Å². The second kappa shape index (κ2) is 5.78. The molecule has 18 heavy (non-hydrogen) atoms. The van der Waals surface area contributed by atoms with Crippen molar-refractivity contribution >= 4 is 33.2 Å². The molecule has 0 heterocycles. The Balaban J connectivity index is 2.01. The molecule has 0 saturated heterocycles. The maximum Gasteiger partial charge on any atom is 0.240 e. The maximum atomic E-state index is 12.0. The van der Waals surface area contributed by atoms with Gasteiger partial charge in [0.15, 0.2) is 0 Å². The van der Waals surface area contributed by atoms with Crippen LogP contribution in [0.5, 0.6) is 0 Å². The minimum atomic E-state index is -3.46. The van der Waals surface area contributed by atoms with E-state index in [1.165, 1.54) is 12.1 Å². The van der Waals surface area contributed by atoms with E-state index in [2.05, 4.69) is 4.72 Å². The molecule has 0 aliphatic heterocycles. The summed E-state index contributed by atoms with van der Waals surface area (Å²) in [6.07, 6.45) is 3.02. The minimum Gasteiger partial charge on any atom is -0.211 e. The van der Waals surface area contributed by atoms with Crippen LogP contribution in [-0.4, -0.2) is 20.3 Å². The maximum absolute atomic E-state index is 12.0. The molecule has 3 nitrogen and oxygen atoms in total. The van der Waals surface area contributed by atoms with Crippen molar-refractivity contribution in [2.45, 2.75) is 29.5 Å². The van der Waals surface area contributed by atoms with Crippen LogP contribution < -0.4 is 4.72 Å². The van der Waals surface area contributed by atoms with E-state index in [-0.39, 0.29) is 16.2 Å². The van der Waals surface area contributed by atoms with Gasteiger partial charge in [-0.05, 0) is 43.0 Å². The summed E-state index contributed by atoms with van der Waals surface area (Å²) in [6, 6.07) is 6.13. The summed E-state index contributed by atoms with van der Waals surface area (Å²) in [5.74, 6) is 0.230. The Bertz CT molecular complexity index is 501. The normalized spacial score (nSPS) is 24.3. The van der Waals surface area contributed by atoms with Crippen molar-refractivity contribution in [1.29, 1.82) is 0 Å². The molecule has 100 valence electrons. The van der Waals surface area contributed by atoms with Crippen molar-refractivity contribution in [2.24, 2.45) is 5.92 Å². The third-order valence-corrected chi connectivity index (χ3v) is 5.49. The molecule has 1 saturated carbocycles. The number of benzene rings is 1. The van der Waals surface area contributed by atoms with Crippen molar-refractivity contribution in [3.05, 3.63) is 29.3 Å². The van der Waals surface area contributed by atoms with Gasteiger partial charge >= 0.3 is 0 Å². The van der Waals surface area contributed by atoms with Gasteiger partial charge in [0.05, 0.1) is 4.90 Å². The molecule has 2 unspecified atom stereocenters. The molecule has 1 fully saturated rings. The topological polar surface area (TPSA) is 46.2 Å². The standard InChI is InChI=1S/C12H15Cl2NO2S/c13-10-4-6-11(7-5-10)18(16,17)15-8-9-2-1-3-12(9)14/h4-7,9,12,15H,1-3,8H2. The Kier molecular flexibility index (Phi) is 4.54. The van der Waals surface area contributed by atoms with Crippen LogP contribution in [0.1, 0.15) is 19.3 Å². The molecule has 1 N–H and O–H groups in total. The lowest BCUT2D eigenvalue weighted by molar-refractivity contribution is 0.523. The van der Waals surface area contributed by atoms with Crippen LogP contribution in [0.15, 0.2) is 29.2 Å². The summed E-state index contributed by atoms with van der Waals surface area (Å²) in [5.41, 5.74) is 0. The van der Waals surface area contributed by atoms with Gasteiger partial charge in [-0.15, -0.1) is 11.6 Å². The number of halogens is 2. The van der Waals surface area contributed by atoms with E-state index in [1.807, 2.05) is 0 Å². The fourth-order valence-electron chi connectivity index (χ4n) is 2.14. The van der Waals surface area contributed by atoms with Crippen LogP contribution in [0.3, 0.4) is 0 Å². The number of alkyl halides is 1. The van der Waals surface area contributed by atoms with E-state index in [9.17, 15) is 8.42 Å². The molecule has 2 rings (SSSR count). The second-order valence-corrected chi connectivity index (χ2v) is 7.28. The molecule has 1 aromatic rings. The number of hydrogen-bond donors (Lipinski definition) is 1. The van der Waals surface area contributed by atoms with E-state index < -0.39 is 10.0 Å². The van der Waals surface area contributed by atoms with Gasteiger partial charge in [0.2, 0.25) is 10.0 Å². The molecule has 6 heteroatoms. The summed E-state index contributed by atoms with van der Waals surface area (Å²) in [6.45, 7) is 0.402. The predicted molar refractivity (Wildman–Crippen MR) is 73.6 cm³/mol. The first-order valence-corrected chi connectivity index (χ1v) is 8.18. The van der Waals surface area contributed by atoms with Crippen LogP contribution in [0.2, 0.25) is 5.02 Å². The van der Waals surface area contributed by atoms with Crippen molar-refractivity contribution in [3.63, 3.8) is 0 Å². The molecule has 1 aromatic carbocycles. The highest BCUT2D eigenvalue weighted by Crippen LogP contribution is 2.29. The molecule has 0 aromatic heterocycles. The van der Waals surface area contributed by atoms with Gasteiger partial charge in [0.25, 0.3) is 0 Å². The van der Waals surface area contributed by atoms with Crippen molar-refractivity contribution < 1.29 is 8.42 Å². The zero-order chi connectivity index (χ0) is 13.2. The molecule has 0 bridgehead atoms. The fraction of sp³-hybridized carbons (Fsp3) is 0.500. The quantitative estimate of drug-likeness (QED) is 0.869. The van der Waals surface area contributed by atoms with Crippen molar-refractivity contribution in [2.75, 3.05) is 6.54 Å². The second-order valence-electron chi connectivity index (χ2n) is 4.51. The monoisotopic (exact) mass is 307 g/mol. The van der Waals surface area contributed by atoms with Gasteiger partial charge in [0, 0.05) is 16.9 Å². The molecular weight excluding hydrogens is 293 g/mol. The molecular formula is C12H15Cl2NO2S. The summed E-state index contributed by atoms with van der Waals surface area (Å²) in [7, 11) is -3.46. The molecule has 0 amide bonds. The van der Waals surface area contributed by atoms with Gasteiger partial charge in [-0.1, -0.05) is 18.0 Å². The number of rotatable bonds is 4. The van der Waals surface area contributed by atoms with E-state index in [0.717, 1.165) is 19.3 Å². The highest BCUT2D eigenvalue weighted by Gasteiger charge is 2.26. The minimum absolute atomic E-state index is 0.0814.